The fraction of sp³-hybridized carbons (Fsp3) is 0.136. The van der Waals surface area contributed by atoms with Crippen LogP contribution < -0.4 is 0 Å². The Labute approximate surface area is 159 Å². The summed E-state index contributed by atoms with van der Waals surface area (Å²) in [6.07, 6.45) is -2.61. The first kappa shape index (κ1) is 17.7. The highest BCUT2D eigenvalue weighted by atomic mass is 32.1. The van der Waals surface area contributed by atoms with Crippen molar-refractivity contribution in [3.05, 3.63) is 88.2 Å². The van der Waals surface area contributed by atoms with Gasteiger partial charge >= 0.3 is 6.18 Å². The lowest BCUT2D eigenvalue weighted by Gasteiger charge is -2.06. The van der Waals surface area contributed by atoms with E-state index in [2.05, 4.69) is 11.1 Å². The van der Waals surface area contributed by atoms with E-state index in [9.17, 15) is 13.2 Å². The SMILES string of the molecule is FC(F)(F)c1ccc(-c2csc(CCc3ccc4ccccc4n3)c2)cc1. The van der Waals surface area contributed by atoms with E-state index in [0.29, 0.717) is 0 Å². The lowest BCUT2D eigenvalue weighted by Crippen LogP contribution is -2.03. The molecule has 2 aromatic heterocycles. The van der Waals surface area contributed by atoms with Crippen molar-refractivity contribution in [3.8, 4) is 11.1 Å². The summed E-state index contributed by atoms with van der Waals surface area (Å²) >= 11 is 1.63. The van der Waals surface area contributed by atoms with Crippen LogP contribution in [-0.4, -0.2) is 4.98 Å². The van der Waals surface area contributed by atoms with Crippen LogP contribution in [0.15, 0.2) is 72.1 Å². The molecule has 0 spiro atoms. The van der Waals surface area contributed by atoms with Gasteiger partial charge in [0.1, 0.15) is 0 Å². The van der Waals surface area contributed by atoms with E-state index >= 15 is 0 Å². The van der Waals surface area contributed by atoms with E-state index < -0.39 is 11.7 Å². The number of halogens is 3. The number of rotatable bonds is 4. The van der Waals surface area contributed by atoms with E-state index in [4.69, 9.17) is 0 Å². The van der Waals surface area contributed by atoms with Crippen LogP contribution in [0.25, 0.3) is 22.0 Å². The monoisotopic (exact) mass is 383 g/mol. The molecule has 0 fully saturated rings. The fourth-order valence-electron chi connectivity index (χ4n) is 3.01. The first-order valence-corrected chi connectivity index (χ1v) is 9.47. The predicted molar refractivity (Wildman–Crippen MR) is 104 cm³/mol. The summed E-state index contributed by atoms with van der Waals surface area (Å²) in [5.74, 6) is 0. The molecule has 2 aromatic carbocycles. The molecule has 136 valence electrons. The molecule has 4 aromatic rings. The molecule has 5 heteroatoms. The molecule has 0 aliphatic carbocycles. The first-order chi connectivity index (χ1) is 13.0. The molecule has 0 radical (unpaired) electrons. The van der Waals surface area contributed by atoms with Gasteiger partial charge in [-0.05, 0) is 59.7 Å². The molecular weight excluding hydrogens is 367 g/mol. The predicted octanol–water partition coefficient (Wildman–Crippen LogP) is 6.77. The quantitative estimate of drug-likeness (QED) is 0.379. The Morgan fingerprint density at radius 3 is 2.37 bits per heavy atom. The van der Waals surface area contributed by atoms with Crippen LogP contribution >= 0.6 is 11.3 Å². The van der Waals surface area contributed by atoms with Crippen molar-refractivity contribution >= 4 is 22.2 Å². The number of hydrogen-bond donors (Lipinski definition) is 0. The average Bonchev–Trinajstić information content (AvgIpc) is 3.15. The van der Waals surface area contributed by atoms with Gasteiger partial charge in [-0.3, -0.25) is 4.98 Å². The maximum absolute atomic E-state index is 12.7. The zero-order valence-electron chi connectivity index (χ0n) is 14.3. The Kier molecular flexibility index (Phi) is 4.70. The third kappa shape index (κ3) is 4.03. The number of nitrogens with zero attached hydrogens (tertiary/aromatic N) is 1. The molecule has 1 nitrogen and oxygen atoms in total. The lowest BCUT2D eigenvalue weighted by molar-refractivity contribution is -0.137. The van der Waals surface area contributed by atoms with Crippen molar-refractivity contribution < 1.29 is 13.2 Å². The van der Waals surface area contributed by atoms with Crippen LogP contribution in [0.2, 0.25) is 0 Å². The van der Waals surface area contributed by atoms with Crippen molar-refractivity contribution in [2.45, 2.75) is 19.0 Å². The van der Waals surface area contributed by atoms with Crippen LogP contribution in [0.5, 0.6) is 0 Å². The molecule has 0 unspecified atom stereocenters. The van der Waals surface area contributed by atoms with Gasteiger partial charge < -0.3 is 0 Å². The van der Waals surface area contributed by atoms with Crippen molar-refractivity contribution in [3.63, 3.8) is 0 Å². The van der Waals surface area contributed by atoms with Gasteiger partial charge in [0, 0.05) is 16.0 Å². The molecule has 0 aliphatic heterocycles. The van der Waals surface area contributed by atoms with Crippen molar-refractivity contribution in [1.29, 1.82) is 0 Å². The van der Waals surface area contributed by atoms with Crippen LogP contribution in [0, 0.1) is 0 Å². The van der Waals surface area contributed by atoms with E-state index in [1.54, 1.807) is 11.3 Å². The maximum Gasteiger partial charge on any atom is 0.416 e. The second-order valence-electron chi connectivity index (χ2n) is 6.37. The highest BCUT2D eigenvalue weighted by Gasteiger charge is 2.29. The number of para-hydroxylation sites is 1. The van der Waals surface area contributed by atoms with Crippen LogP contribution in [-0.2, 0) is 19.0 Å². The van der Waals surface area contributed by atoms with E-state index in [1.165, 1.54) is 17.0 Å². The summed E-state index contributed by atoms with van der Waals surface area (Å²) in [4.78, 5) is 5.88. The summed E-state index contributed by atoms with van der Waals surface area (Å²) in [6.45, 7) is 0. The third-order valence-electron chi connectivity index (χ3n) is 4.48. The number of thiophene rings is 1. The highest BCUT2D eigenvalue weighted by Crippen LogP contribution is 2.32. The molecule has 4 rings (SSSR count). The lowest BCUT2D eigenvalue weighted by atomic mass is 10.1. The minimum atomic E-state index is -4.30. The molecule has 0 N–H and O–H groups in total. The Hall–Kier alpha value is -2.66. The number of aryl methyl sites for hydroxylation is 2. The van der Waals surface area contributed by atoms with E-state index in [-0.39, 0.29) is 0 Å². The number of pyridine rings is 1. The van der Waals surface area contributed by atoms with Gasteiger partial charge in [0.05, 0.1) is 11.1 Å². The third-order valence-corrected chi connectivity index (χ3v) is 5.48. The zero-order chi connectivity index (χ0) is 18.9. The number of alkyl halides is 3. The highest BCUT2D eigenvalue weighted by molar-refractivity contribution is 7.10. The summed E-state index contributed by atoms with van der Waals surface area (Å²) in [5, 5.41) is 3.12. The standard InChI is InChI=1S/C22H16F3NS/c23-22(24,25)18-8-5-15(6-9-18)17-13-20(27-14-17)12-11-19-10-7-16-3-1-2-4-21(16)26-19/h1-10,13-14H,11-12H2. The normalized spacial score (nSPS) is 11.8. The molecule has 0 saturated carbocycles. The number of hydrogen-bond acceptors (Lipinski definition) is 2. The molecule has 2 heterocycles. The number of benzene rings is 2. The van der Waals surface area contributed by atoms with Crippen LogP contribution in [0.4, 0.5) is 13.2 Å². The first-order valence-electron chi connectivity index (χ1n) is 8.59. The largest absolute Gasteiger partial charge is 0.416 e. The van der Waals surface area contributed by atoms with Gasteiger partial charge in [0.25, 0.3) is 0 Å². The molecule has 0 atom stereocenters. The molecule has 27 heavy (non-hydrogen) atoms. The average molecular weight is 383 g/mol. The topological polar surface area (TPSA) is 12.9 Å². The Balaban J connectivity index is 1.46. The number of fused-ring (bicyclic) bond motifs is 1. The molecule has 0 aliphatic rings. The van der Waals surface area contributed by atoms with Gasteiger partial charge in [0.15, 0.2) is 0 Å². The van der Waals surface area contributed by atoms with Crippen molar-refractivity contribution in [2.75, 3.05) is 0 Å². The van der Waals surface area contributed by atoms with E-state index in [1.807, 2.05) is 41.8 Å². The second kappa shape index (κ2) is 7.16. The summed E-state index contributed by atoms with van der Waals surface area (Å²) in [6, 6.07) is 19.5. The Morgan fingerprint density at radius 2 is 1.59 bits per heavy atom. The van der Waals surface area contributed by atoms with Gasteiger partial charge in [-0.25, -0.2) is 0 Å². The minimum absolute atomic E-state index is 0.621. The Bertz CT molecular complexity index is 1060. The van der Waals surface area contributed by atoms with Crippen LogP contribution in [0.3, 0.4) is 0 Å². The molecule has 0 saturated heterocycles. The summed E-state index contributed by atoms with van der Waals surface area (Å²) in [7, 11) is 0. The van der Waals surface area contributed by atoms with Gasteiger partial charge in [-0.2, -0.15) is 13.2 Å². The second-order valence-corrected chi connectivity index (χ2v) is 7.37. The van der Waals surface area contributed by atoms with Crippen molar-refractivity contribution in [1.82, 2.24) is 4.98 Å². The summed E-state index contributed by atoms with van der Waals surface area (Å²) in [5.41, 5.74) is 3.17. The molecule has 0 amide bonds. The smallest absolute Gasteiger partial charge is 0.253 e. The molecule has 0 bridgehead atoms. The van der Waals surface area contributed by atoms with Gasteiger partial charge in [-0.1, -0.05) is 36.4 Å². The number of aromatic nitrogens is 1. The Morgan fingerprint density at radius 1 is 0.815 bits per heavy atom. The zero-order valence-corrected chi connectivity index (χ0v) is 15.1. The van der Waals surface area contributed by atoms with E-state index in [0.717, 1.165) is 52.7 Å². The molecular formula is C22H16F3NS. The van der Waals surface area contributed by atoms with Gasteiger partial charge in [-0.15, -0.1) is 11.3 Å². The minimum Gasteiger partial charge on any atom is -0.253 e. The maximum atomic E-state index is 12.7. The van der Waals surface area contributed by atoms with Gasteiger partial charge in [0.2, 0.25) is 0 Å². The summed E-state index contributed by atoms with van der Waals surface area (Å²) < 4.78 is 38.0. The van der Waals surface area contributed by atoms with Crippen LogP contribution in [0.1, 0.15) is 16.1 Å². The van der Waals surface area contributed by atoms with Crippen molar-refractivity contribution in [2.24, 2.45) is 0 Å². The fourth-order valence-corrected chi connectivity index (χ4v) is 3.91.